The molecule has 0 amide bonds. The van der Waals surface area contributed by atoms with Gasteiger partial charge in [0.1, 0.15) is 16.9 Å². The lowest BCUT2D eigenvalue weighted by Gasteiger charge is -2.18. The van der Waals surface area contributed by atoms with E-state index in [1.165, 1.54) is 6.07 Å². The van der Waals surface area contributed by atoms with Crippen molar-refractivity contribution in [2.24, 2.45) is 0 Å². The standard InChI is InChI=1S/C15H21F2NO2S/c1-4-6-13(15(19)20-9(3)5-2)21-14-8-12(18)10(16)7-11(14)17/h7-9,13H,4-6,18H2,1-3H3. The SMILES string of the molecule is CCCC(Sc1cc(N)c(F)cc1F)C(=O)OC(C)CC. The molecule has 1 aromatic carbocycles. The van der Waals surface area contributed by atoms with Gasteiger partial charge in [-0.25, -0.2) is 8.78 Å². The van der Waals surface area contributed by atoms with Crippen molar-refractivity contribution in [1.29, 1.82) is 0 Å². The van der Waals surface area contributed by atoms with Crippen LogP contribution < -0.4 is 5.73 Å². The Morgan fingerprint density at radius 2 is 2.00 bits per heavy atom. The van der Waals surface area contributed by atoms with Crippen molar-refractivity contribution in [3.63, 3.8) is 0 Å². The molecule has 0 fully saturated rings. The summed E-state index contributed by atoms with van der Waals surface area (Å²) in [5.41, 5.74) is 5.31. The molecule has 0 saturated heterocycles. The predicted molar refractivity (Wildman–Crippen MR) is 81.2 cm³/mol. The van der Waals surface area contributed by atoms with Crippen LogP contribution in [0.5, 0.6) is 0 Å². The molecule has 6 heteroatoms. The van der Waals surface area contributed by atoms with Crippen LogP contribution in [0.2, 0.25) is 0 Å². The zero-order valence-corrected chi connectivity index (χ0v) is 13.3. The zero-order chi connectivity index (χ0) is 16.0. The second-order valence-corrected chi connectivity index (χ2v) is 6.10. The molecule has 2 atom stereocenters. The molecule has 1 rings (SSSR count). The van der Waals surface area contributed by atoms with Gasteiger partial charge in [0.2, 0.25) is 0 Å². The van der Waals surface area contributed by atoms with Crippen LogP contribution in [0, 0.1) is 11.6 Å². The lowest BCUT2D eigenvalue weighted by atomic mass is 10.2. The highest BCUT2D eigenvalue weighted by molar-refractivity contribution is 8.00. The van der Waals surface area contributed by atoms with E-state index in [1.807, 2.05) is 20.8 Å². The number of ether oxygens (including phenoxy) is 1. The molecule has 0 aliphatic carbocycles. The summed E-state index contributed by atoms with van der Waals surface area (Å²) in [5.74, 6) is -1.89. The number of carbonyl (C=O) groups is 1. The molecule has 2 unspecified atom stereocenters. The van der Waals surface area contributed by atoms with Crippen molar-refractivity contribution in [1.82, 2.24) is 0 Å². The minimum absolute atomic E-state index is 0.135. The number of halogens is 2. The highest BCUT2D eigenvalue weighted by atomic mass is 32.2. The number of anilines is 1. The summed E-state index contributed by atoms with van der Waals surface area (Å²) in [5, 5.41) is -0.525. The van der Waals surface area contributed by atoms with Crippen LogP contribution in [-0.2, 0) is 9.53 Å². The molecule has 21 heavy (non-hydrogen) atoms. The van der Waals surface area contributed by atoms with Crippen LogP contribution in [0.3, 0.4) is 0 Å². The lowest BCUT2D eigenvalue weighted by Crippen LogP contribution is -2.24. The fraction of sp³-hybridized carbons (Fsp3) is 0.533. The summed E-state index contributed by atoms with van der Waals surface area (Å²) in [6.45, 7) is 5.65. The second kappa shape index (κ2) is 8.22. The van der Waals surface area contributed by atoms with Crippen molar-refractivity contribution >= 4 is 23.4 Å². The van der Waals surface area contributed by atoms with E-state index in [0.717, 1.165) is 24.2 Å². The van der Waals surface area contributed by atoms with Gasteiger partial charge in [-0.15, -0.1) is 11.8 Å². The minimum Gasteiger partial charge on any atom is -0.462 e. The highest BCUT2D eigenvalue weighted by Crippen LogP contribution is 2.32. The van der Waals surface area contributed by atoms with Crippen LogP contribution in [0.4, 0.5) is 14.5 Å². The van der Waals surface area contributed by atoms with Crippen molar-refractivity contribution in [2.45, 2.75) is 56.3 Å². The summed E-state index contributed by atoms with van der Waals surface area (Å²) >= 11 is 1.03. The largest absolute Gasteiger partial charge is 0.462 e. The van der Waals surface area contributed by atoms with Gasteiger partial charge in [0.05, 0.1) is 11.8 Å². The van der Waals surface area contributed by atoms with Gasteiger partial charge in [-0.1, -0.05) is 20.3 Å². The number of esters is 1. The summed E-state index contributed by atoms with van der Waals surface area (Å²) in [6, 6.07) is 1.95. The number of thioether (sulfide) groups is 1. The Morgan fingerprint density at radius 1 is 1.33 bits per heavy atom. The average molecular weight is 317 g/mol. The first-order chi connectivity index (χ1) is 9.88. The first-order valence-electron chi connectivity index (χ1n) is 7.00. The summed E-state index contributed by atoms with van der Waals surface area (Å²) < 4.78 is 32.2. The van der Waals surface area contributed by atoms with Gasteiger partial charge in [-0.2, -0.15) is 0 Å². The molecule has 2 N–H and O–H groups in total. The lowest BCUT2D eigenvalue weighted by molar-refractivity contribution is -0.147. The Bertz CT molecular complexity index is 497. The number of carbonyl (C=O) groups excluding carboxylic acids is 1. The van der Waals surface area contributed by atoms with E-state index in [1.54, 1.807) is 0 Å². The number of benzene rings is 1. The molecule has 0 radical (unpaired) electrons. The quantitative estimate of drug-likeness (QED) is 0.466. The molecule has 0 aromatic heterocycles. The number of nitrogen functional groups attached to an aromatic ring is 1. The maximum atomic E-state index is 13.8. The number of hydrogen-bond donors (Lipinski definition) is 1. The van der Waals surface area contributed by atoms with Crippen LogP contribution in [0.15, 0.2) is 17.0 Å². The monoisotopic (exact) mass is 317 g/mol. The first-order valence-corrected chi connectivity index (χ1v) is 7.88. The summed E-state index contributed by atoms with van der Waals surface area (Å²) in [7, 11) is 0. The Balaban J connectivity index is 2.88. The maximum absolute atomic E-state index is 13.8. The highest BCUT2D eigenvalue weighted by Gasteiger charge is 2.24. The maximum Gasteiger partial charge on any atom is 0.319 e. The fourth-order valence-corrected chi connectivity index (χ4v) is 2.81. The molecule has 0 bridgehead atoms. The Labute approximate surface area is 128 Å². The molecule has 0 aliphatic rings. The van der Waals surface area contributed by atoms with Gasteiger partial charge >= 0.3 is 5.97 Å². The van der Waals surface area contributed by atoms with Gasteiger partial charge in [-0.05, 0) is 25.8 Å². The van der Waals surface area contributed by atoms with Gasteiger partial charge in [0.15, 0.2) is 0 Å². The molecule has 118 valence electrons. The van der Waals surface area contributed by atoms with Gasteiger partial charge in [-0.3, -0.25) is 4.79 Å². The normalized spacial score (nSPS) is 13.8. The first kappa shape index (κ1) is 17.8. The van der Waals surface area contributed by atoms with Crippen molar-refractivity contribution < 1.29 is 18.3 Å². The van der Waals surface area contributed by atoms with Crippen LogP contribution in [0.1, 0.15) is 40.0 Å². The topological polar surface area (TPSA) is 52.3 Å². The number of nitrogens with two attached hydrogens (primary N) is 1. The van der Waals surface area contributed by atoms with Gasteiger partial charge in [0.25, 0.3) is 0 Å². The smallest absolute Gasteiger partial charge is 0.319 e. The molecule has 0 heterocycles. The molecule has 1 aromatic rings. The average Bonchev–Trinajstić information content (AvgIpc) is 2.43. The van der Waals surface area contributed by atoms with E-state index >= 15 is 0 Å². The molecule has 3 nitrogen and oxygen atoms in total. The summed E-state index contributed by atoms with van der Waals surface area (Å²) in [6.07, 6.45) is 1.84. The predicted octanol–water partition coefficient (Wildman–Crippen LogP) is 4.15. The van der Waals surface area contributed by atoms with Crippen LogP contribution >= 0.6 is 11.8 Å². The van der Waals surface area contributed by atoms with E-state index in [4.69, 9.17) is 10.5 Å². The molecule has 0 spiro atoms. The third kappa shape index (κ3) is 5.19. The van der Waals surface area contributed by atoms with E-state index in [0.29, 0.717) is 12.8 Å². The van der Waals surface area contributed by atoms with E-state index in [2.05, 4.69) is 0 Å². The second-order valence-electron chi connectivity index (χ2n) is 4.86. The minimum atomic E-state index is -0.800. The molecular weight excluding hydrogens is 296 g/mol. The third-order valence-corrected chi connectivity index (χ3v) is 4.31. The van der Waals surface area contributed by atoms with E-state index in [-0.39, 0.29) is 22.7 Å². The molecule has 0 saturated carbocycles. The van der Waals surface area contributed by atoms with Gasteiger partial charge < -0.3 is 10.5 Å². The molecule has 0 aliphatic heterocycles. The Hall–Kier alpha value is -1.30. The van der Waals surface area contributed by atoms with E-state index in [9.17, 15) is 13.6 Å². The molecular formula is C15H21F2NO2S. The van der Waals surface area contributed by atoms with Crippen LogP contribution in [0.25, 0.3) is 0 Å². The summed E-state index contributed by atoms with van der Waals surface area (Å²) in [4.78, 5) is 12.3. The Kier molecular flexibility index (Phi) is 6.95. The number of rotatable bonds is 7. The third-order valence-electron chi connectivity index (χ3n) is 3.03. The Morgan fingerprint density at radius 3 is 2.57 bits per heavy atom. The van der Waals surface area contributed by atoms with E-state index < -0.39 is 16.9 Å². The van der Waals surface area contributed by atoms with Gasteiger partial charge in [0, 0.05) is 11.0 Å². The number of hydrogen-bond acceptors (Lipinski definition) is 4. The van der Waals surface area contributed by atoms with Crippen LogP contribution in [-0.4, -0.2) is 17.3 Å². The van der Waals surface area contributed by atoms with Crippen molar-refractivity contribution in [2.75, 3.05) is 5.73 Å². The fourth-order valence-electron chi connectivity index (χ4n) is 1.63. The van der Waals surface area contributed by atoms with Crippen molar-refractivity contribution in [3.05, 3.63) is 23.8 Å². The van der Waals surface area contributed by atoms with Crippen molar-refractivity contribution in [3.8, 4) is 0 Å². The zero-order valence-electron chi connectivity index (χ0n) is 12.5.